The molecule has 4 rings (SSSR count). The summed E-state index contributed by atoms with van der Waals surface area (Å²) in [4.78, 5) is 0. The number of halogens is 2. The summed E-state index contributed by atoms with van der Waals surface area (Å²) in [5, 5.41) is 2.66. The normalized spacial score (nSPS) is 14.4. The summed E-state index contributed by atoms with van der Waals surface area (Å²) in [6.07, 6.45) is 3.36. The van der Waals surface area contributed by atoms with Crippen LogP contribution in [0.5, 0.6) is 0 Å². The van der Waals surface area contributed by atoms with Crippen LogP contribution in [0.4, 0.5) is 0 Å². The van der Waals surface area contributed by atoms with E-state index in [9.17, 15) is 0 Å². The van der Waals surface area contributed by atoms with Gasteiger partial charge in [-0.15, -0.1) is 53.6 Å². The minimum absolute atomic E-state index is 0. The van der Waals surface area contributed by atoms with E-state index in [4.69, 9.17) is 0 Å². The van der Waals surface area contributed by atoms with Gasteiger partial charge in [0.15, 0.2) is 0 Å². The summed E-state index contributed by atoms with van der Waals surface area (Å²) in [5.74, 6) is 0.560. The Balaban J connectivity index is 0.000000516. The van der Waals surface area contributed by atoms with Gasteiger partial charge in [-0.05, 0) is 6.92 Å². The van der Waals surface area contributed by atoms with E-state index in [0.29, 0.717) is 5.92 Å². The monoisotopic (exact) mass is 544 g/mol. The standard InChI is InChI=1S/C16H13.C9H13.C2H6Si.2ClH.Zr/c1-12-6-8-14(9-7-12)16-11-10-13-4-2-3-5-15(13)16;1-6-5-7(2)9(4)8(6)3;1-3-2;;;/h2-11H,1H3;6H,1-4H3;1-2H3;2*1H;/q2*-1;;;;+2/p-2. The Morgan fingerprint density at radius 3 is 1.90 bits per heavy atom. The van der Waals surface area contributed by atoms with Crippen LogP contribution in [-0.4, -0.2) is 5.43 Å². The molecule has 0 saturated heterocycles. The molecule has 1 aliphatic rings. The Labute approximate surface area is 216 Å². The fourth-order valence-corrected chi connectivity index (χ4v) is 3.30. The van der Waals surface area contributed by atoms with E-state index in [2.05, 4.69) is 114 Å². The molecule has 0 spiro atoms. The van der Waals surface area contributed by atoms with E-state index < -0.39 is 0 Å². The molecule has 0 N–H and O–H groups in total. The van der Waals surface area contributed by atoms with Crippen LogP contribution in [-0.2, 0) is 23.3 Å². The predicted octanol–water partition coefficient (Wildman–Crippen LogP) is 2.05. The molecule has 0 bridgehead atoms. The van der Waals surface area contributed by atoms with Crippen LogP contribution in [0.25, 0.3) is 21.9 Å². The zero-order valence-electron chi connectivity index (χ0n) is 19.6. The SMILES string of the molecule is CC1=[C-]C(C)C(C)=C1C.C[Si](C)=[Zr+2].Cc1ccc(-c2c[cH-]c3ccccc23)cc1.[Cl-].[Cl-]. The van der Waals surface area contributed by atoms with Crippen molar-refractivity contribution in [2.24, 2.45) is 5.92 Å². The van der Waals surface area contributed by atoms with Gasteiger partial charge in [-0.1, -0.05) is 68.1 Å². The first-order valence-corrected chi connectivity index (χ1v) is 16.4. The summed E-state index contributed by atoms with van der Waals surface area (Å²) >= 11 is 1.74. The molecular formula is C27H32Cl2SiZr-2. The number of rotatable bonds is 1. The molecule has 0 saturated carbocycles. The second-order valence-electron chi connectivity index (χ2n) is 8.00. The molecule has 4 heteroatoms. The van der Waals surface area contributed by atoms with Crippen LogP contribution >= 0.6 is 0 Å². The first-order valence-electron chi connectivity index (χ1n) is 10.2. The first-order chi connectivity index (χ1) is 13.7. The van der Waals surface area contributed by atoms with Crippen molar-refractivity contribution >= 4 is 16.2 Å². The molecular weight excluding hydrogens is 515 g/mol. The minimum atomic E-state index is 0. The van der Waals surface area contributed by atoms with Crippen molar-refractivity contribution in [3.05, 3.63) is 89.0 Å². The molecule has 1 aliphatic carbocycles. The van der Waals surface area contributed by atoms with Gasteiger partial charge < -0.3 is 24.8 Å². The summed E-state index contributed by atoms with van der Waals surface area (Å²) < 4.78 is 0. The molecule has 0 aromatic heterocycles. The van der Waals surface area contributed by atoms with Crippen molar-refractivity contribution in [1.82, 2.24) is 0 Å². The number of aryl methyl sites for hydroxylation is 1. The molecule has 0 aliphatic heterocycles. The first kappa shape index (κ1) is 30.2. The van der Waals surface area contributed by atoms with Crippen LogP contribution in [0.15, 0.2) is 77.4 Å². The van der Waals surface area contributed by atoms with Crippen molar-refractivity contribution < 1.29 is 48.1 Å². The van der Waals surface area contributed by atoms with Gasteiger partial charge >= 0.3 is 41.9 Å². The molecule has 164 valence electrons. The maximum atomic E-state index is 3.36. The predicted molar refractivity (Wildman–Crippen MR) is 127 cm³/mol. The van der Waals surface area contributed by atoms with E-state index in [1.807, 2.05) is 0 Å². The topological polar surface area (TPSA) is 0 Å². The Hall–Kier alpha value is -0.790. The summed E-state index contributed by atoms with van der Waals surface area (Å²) in [6.45, 7) is 15.4. The largest absolute Gasteiger partial charge is 1.00 e. The Morgan fingerprint density at radius 1 is 0.903 bits per heavy atom. The maximum absolute atomic E-state index is 3.36. The number of hydrogen-bond donors (Lipinski definition) is 0. The smallest absolute Gasteiger partial charge is 0.0398 e. The van der Waals surface area contributed by atoms with Gasteiger partial charge in [-0.25, -0.2) is 5.57 Å². The van der Waals surface area contributed by atoms with Crippen molar-refractivity contribution in [1.29, 1.82) is 0 Å². The van der Waals surface area contributed by atoms with Crippen LogP contribution in [0.2, 0.25) is 13.1 Å². The van der Waals surface area contributed by atoms with E-state index in [-0.39, 0.29) is 30.2 Å². The molecule has 0 nitrogen and oxygen atoms in total. The molecule has 3 aromatic rings. The number of allylic oxidation sites excluding steroid dienone is 4. The Bertz CT molecular complexity index is 1040. The van der Waals surface area contributed by atoms with Gasteiger partial charge in [0.25, 0.3) is 0 Å². The third-order valence-electron chi connectivity index (χ3n) is 5.28. The average Bonchev–Trinajstić information content (AvgIpc) is 3.20. The van der Waals surface area contributed by atoms with E-state index in [0.717, 1.165) is 0 Å². The Morgan fingerprint density at radius 2 is 1.45 bits per heavy atom. The fraction of sp³-hybridized carbons (Fsp3) is 0.296. The molecule has 0 amide bonds. The van der Waals surface area contributed by atoms with Crippen LogP contribution in [0.3, 0.4) is 0 Å². The quantitative estimate of drug-likeness (QED) is 0.324. The second-order valence-corrected chi connectivity index (χ2v) is 17.4. The number of benzene rings is 2. The molecule has 1 atom stereocenters. The molecule has 1 unspecified atom stereocenters. The third kappa shape index (κ3) is 8.93. The fourth-order valence-electron chi connectivity index (χ4n) is 3.30. The maximum Gasteiger partial charge on any atom is -0.0398 e. The van der Waals surface area contributed by atoms with Crippen LogP contribution in [0, 0.1) is 18.9 Å². The summed E-state index contributed by atoms with van der Waals surface area (Å²) in [5.41, 5.74) is 8.39. The van der Waals surface area contributed by atoms with Gasteiger partial charge in [0.05, 0.1) is 0 Å². The van der Waals surface area contributed by atoms with Crippen LogP contribution in [0.1, 0.15) is 33.3 Å². The van der Waals surface area contributed by atoms with Gasteiger partial charge in [-0.3, -0.25) is 6.08 Å². The third-order valence-corrected chi connectivity index (χ3v) is 5.28. The van der Waals surface area contributed by atoms with E-state index in [1.165, 1.54) is 44.2 Å². The van der Waals surface area contributed by atoms with Crippen molar-refractivity contribution in [3.63, 3.8) is 0 Å². The Kier molecular flexibility index (Phi) is 14.0. The van der Waals surface area contributed by atoms with E-state index >= 15 is 0 Å². The molecule has 0 fully saturated rings. The molecule has 31 heavy (non-hydrogen) atoms. The number of hydrogen-bond acceptors (Lipinski definition) is 0. The molecule has 3 aromatic carbocycles. The van der Waals surface area contributed by atoms with Gasteiger partial charge in [0.2, 0.25) is 0 Å². The van der Waals surface area contributed by atoms with Gasteiger partial charge in [0, 0.05) is 0 Å². The van der Waals surface area contributed by atoms with Crippen molar-refractivity contribution in [2.45, 2.75) is 47.7 Å². The van der Waals surface area contributed by atoms with E-state index in [1.54, 1.807) is 23.3 Å². The zero-order chi connectivity index (χ0) is 21.6. The zero-order valence-corrected chi connectivity index (χ0v) is 24.6. The number of fused-ring (bicyclic) bond motifs is 1. The summed E-state index contributed by atoms with van der Waals surface area (Å²) in [7, 11) is 0. The second kappa shape index (κ2) is 14.4. The minimum Gasteiger partial charge on any atom is -1.00 e. The van der Waals surface area contributed by atoms with Crippen molar-refractivity contribution in [2.75, 3.05) is 0 Å². The molecule has 0 radical (unpaired) electrons. The molecule has 0 heterocycles. The average molecular weight is 547 g/mol. The summed E-state index contributed by atoms with van der Waals surface area (Å²) in [6, 6.07) is 21.6. The van der Waals surface area contributed by atoms with Gasteiger partial charge in [-0.2, -0.15) is 11.1 Å². The van der Waals surface area contributed by atoms with Crippen molar-refractivity contribution in [3.8, 4) is 11.1 Å². The van der Waals surface area contributed by atoms with Crippen LogP contribution < -0.4 is 24.8 Å². The van der Waals surface area contributed by atoms with Gasteiger partial charge in [0.1, 0.15) is 0 Å².